The number of hydrogen-bond donors (Lipinski definition) is 0. The van der Waals surface area contributed by atoms with Gasteiger partial charge in [-0.1, -0.05) is 0 Å². The Labute approximate surface area is 51.3 Å². The van der Waals surface area contributed by atoms with Gasteiger partial charge in [-0.3, -0.25) is 0 Å². The molecule has 0 aliphatic rings. The molecule has 0 fully saturated rings. The van der Waals surface area contributed by atoms with Gasteiger partial charge in [0, 0.05) is 6.20 Å². The average Bonchev–Trinajstić information content (AvgIpc) is 2.34. The molecule has 0 radical (unpaired) electrons. The van der Waals surface area contributed by atoms with E-state index in [-0.39, 0.29) is 0 Å². The Balaban J connectivity index is 2.90. The zero-order valence-corrected chi connectivity index (χ0v) is 4.58. The molecule has 0 unspecified atom stereocenters. The van der Waals surface area contributed by atoms with E-state index in [1.165, 1.54) is 12.4 Å². The van der Waals surface area contributed by atoms with Crippen LogP contribution in [0.3, 0.4) is 0 Å². The minimum Gasteiger partial charge on any atom is -0.240 e. The van der Waals surface area contributed by atoms with Crippen LogP contribution in [-0.2, 0) is 6.80 Å². The second-order valence-electron chi connectivity index (χ2n) is 1.50. The summed E-state index contributed by atoms with van der Waals surface area (Å²) in [6, 6.07) is 1.83. The molecule has 3 nitrogen and oxygen atoms in total. The van der Waals surface area contributed by atoms with Gasteiger partial charge < -0.3 is 0 Å². The molecule has 0 aliphatic heterocycles. The topological polar surface area (TPSA) is 41.6 Å². The van der Waals surface area contributed by atoms with Gasteiger partial charge in [0.1, 0.15) is 6.07 Å². The van der Waals surface area contributed by atoms with Gasteiger partial charge in [0.15, 0.2) is 6.80 Å². The van der Waals surface area contributed by atoms with Gasteiger partial charge in [0.25, 0.3) is 0 Å². The number of halogens is 1. The van der Waals surface area contributed by atoms with Gasteiger partial charge in [0.05, 0.1) is 11.8 Å². The molecule has 0 aromatic carbocycles. The Bertz CT molecular complexity index is 235. The predicted molar refractivity (Wildman–Crippen MR) is 28.0 cm³/mol. The third-order valence-corrected chi connectivity index (χ3v) is 0.885. The third-order valence-electron chi connectivity index (χ3n) is 0.885. The second kappa shape index (κ2) is 2.27. The number of nitriles is 1. The zero-order chi connectivity index (χ0) is 6.69. The van der Waals surface area contributed by atoms with Crippen molar-refractivity contribution >= 4 is 0 Å². The van der Waals surface area contributed by atoms with Gasteiger partial charge in [-0.05, 0) is 0 Å². The van der Waals surface area contributed by atoms with Crippen LogP contribution in [0.1, 0.15) is 5.56 Å². The third kappa shape index (κ3) is 1.05. The predicted octanol–water partition coefficient (Wildman–Crippen LogP) is 0.682. The lowest BCUT2D eigenvalue weighted by Crippen LogP contribution is -1.90. The van der Waals surface area contributed by atoms with Crippen LogP contribution in [0.4, 0.5) is 4.39 Å². The molecule has 0 amide bonds. The molecular formula is C5H4FN3. The number of hydrogen-bond acceptors (Lipinski definition) is 2. The van der Waals surface area contributed by atoms with E-state index in [0.717, 1.165) is 4.68 Å². The zero-order valence-electron chi connectivity index (χ0n) is 4.58. The maximum atomic E-state index is 11.7. The highest BCUT2D eigenvalue weighted by Gasteiger charge is 1.92. The molecule has 1 aromatic heterocycles. The van der Waals surface area contributed by atoms with Crippen molar-refractivity contribution in [2.75, 3.05) is 0 Å². The lowest BCUT2D eigenvalue weighted by molar-refractivity contribution is 0.350. The minimum atomic E-state index is -0.679. The summed E-state index contributed by atoms with van der Waals surface area (Å²) in [4.78, 5) is 0. The van der Waals surface area contributed by atoms with E-state index in [4.69, 9.17) is 5.26 Å². The van der Waals surface area contributed by atoms with Gasteiger partial charge in [-0.2, -0.15) is 10.4 Å². The van der Waals surface area contributed by atoms with Crippen LogP contribution in [0.15, 0.2) is 12.4 Å². The van der Waals surface area contributed by atoms with Crippen molar-refractivity contribution in [1.82, 2.24) is 9.78 Å². The minimum absolute atomic E-state index is 0.382. The Kier molecular flexibility index (Phi) is 1.45. The molecule has 0 atom stereocenters. The first-order valence-corrected chi connectivity index (χ1v) is 2.35. The highest BCUT2D eigenvalue weighted by atomic mass is 19.1. The quantitative estimate of drug-likeness (QED) is 0.553. The van der Waals surface area contributed by atoms with Crippen LogP contribution in [0.25, 0.3) is 0 Å². The number of aromatic nitrogens is 2. The Morgan fingerprint density at radius 2 is 2.67 bits per heavy atom. The van der Waals surface area contributed by atoms with Gasteiger partial charge in [0.2, 0.25) is 0 Å². The van der Waals surface area contributed by atoms with Crippen molar-refractivity contribution in [3.8, 4) is 6.07 Å². The van der Waals surface area contributed by atoms with Crippen molar-refractivity contribution in [3.05, 3.63) is 18.0 Å². The fourth-order valence-corrected chi connectivity index (χ4v) is 0.487. The molecule has 1 heterocycles. The maximum Gasteiger partial charge on any atom is 0.181 e. The largest absolute Gasteiger partial charge is 0.240 e. The Hall–Kier alpha value is -1.37. The van der Waals surface area contributed by atoms with Crippen molar-refractivity contribution in [1.29, 1.82) is 5.26 Å². The highest BCUT2D eigenvalue weighted by molar-refractivity contribution is 5.21. The van der Waals surface area contributed by atoms with Gasteiger partial charge in [-0.25, -0.2) is 9.07 Å². The van der Waals surface area contributed by atoms with Crippen LogP contribution in [0, 0.1) is 11.3 Å². The smallest absolute Gasteiger partial charge is 0.181 e. The molecule has 0 bridgehead atoms. The highest BCUT2D eigenvalue weighted by Crippen LogP contribution is 1.93. The summed E-state index contributed by atoms with van der Waals surface area (Å²) in [7, 11) is 0. The number of nitrogens with zero attached hydrogens (tertiary/aromatic N) is 3. The van der Waals surface area contributed by atoms with Gasteiger partial charge in [-0.15, -0.1) is 0 Å². The number of rotatable bonds is 1. The fourth-order valence-electron chi connectivity index (χ4n) is 0.487. The summed E-state index contributed by atoms with van der Waals surface area (Å²) in [5.41, 5.74) is 0.382. The summed E-state index contributed by atoms with van der Waals surface area (Å²) in [6.45, 7) is -0.679. The lowest BCUT2D eigenvalue weighted by atomic mass is 10.4. The molecule has 9 heavy (non-hydrogen) atoms. The Morgan fingerprint density at radius 3 is 3.00 bits per heavy atom. The normalized spacial score (nSPS) is 8.89. The first-order chi connectivity index (χ1) is 4.36. The van der Waals surface area contributed by atoms with Crippen LogP contribution >= 0.6 is 0 Å². The van der Waals surface area contributed by atoms with Crippen LogP contribution in [0.2, 0.25) is 0 Å². The van der Waals surface area contributed by atoms with Crippen LogP contribution in [0.5, 0.6) is 0 Å². The van der Waals surface area contributed by atoms with Crippen molar-refractivity contribution < 1.29 is 4.39 Å². The second-order valence-corrected chi connectivity index (χ2v) is 1.50. The summed E-state index contributed by atoms with van der Waals surface area (Å²) < 4.78 is 12.7. The first kappa shape index (κ1) is 5.76. The first-order valence-electron chi connectivity index (χ1n) is 2.35. The van der Waals surface area contributed by atoms with E-state index in [1.54, 1.807) is 0 Å². The molecule has 0 saturated heterocycles. The number of alkyl halides is 1. The Morgan fingerprint density at radius 1 is 1.89 bits per heavy atom. The maximum absolute atomic E-state index is 11.7. The van der Waals surface area contributed by atoms with Crippen LogP contribution < -0.4 is 0 Å². The van der Waals surface area contributed by atoms with E-state index in [2.05, 4.69) is 5.10 Å². The van der Waals surface area contributed by atoms with Crippen molar-refractivity contribution in [2.24, 2.45) is 0 Å². The van der Waals surface area contributed by atoms with E-state index in [1.807, 2.05) is 6.07 Å². The van der Waals surface area contributed by atoms with Crippen LogP contribution in [-0.4, -0.2) is 9.78 Å². The summed E-state index contributed by atoms with van der Waals surface area (Å²) in [5.74, 6) is 0. The van der Waals surface area contributed by atoms with E-state index in [0.29, 0.717) is 5.56 Å². The van der Waals surface area contributed by atoms with E-state index < -0.39 is 6.80 Å². The molecule has 0 saturated carbocycles. The monoisotopic (exact) mass is 125 g/mol. The standard InChI is InChI=1S/C5H4FN3/c6-4-9-3-5(1-7)2-8-9/h2-3H,4H2. The molecule has 4 heteroatoms. The molecular weight excluding hydrogens is 121 g/mol. The average molecular weight is 125 g/mol. The molecule has 0 spiro atoms. The lowest BCUT2D eigenvalue weighted by Gasteiger charge is -1.84. The van der Waals surface area contributed by atoms with Gasteiger partial charge >= 0.3 is 0 Å². The molecule has 46 valence electrons. The van der Waals surface area contributed by atoms with E-state index >= 15 is 0 Å². The fraction of sp³-hybridized carbons (Fsp3) is 0.200. The van der Waals surface area contributed by atoms with E-state index in [9.17, 15) is 4.39 Å². The molecule has 0 aliphatic carbocycles. The summed E-state index contributed by atoms with van der Waals surface area (Å²) in [6.07, 6.45) is 2.67. The molecule has 0 N–H and O–H groups in total. The molecule has 1 rings (SSSR count). The SMILES string of the molecule is N#Cc1cnn(CF)c1. The van der Waals surface area contributed by atoms with Crippen molar-refractivity contribution in [2.45, 2.75) is 6.80 Å². The van der Waals surface area contributed by atoms with Crippen molar-refractivity contribution in [3.63, 3.8) is 0 Å². The summed E-state index contributed by atoms with van der Waals surface area (Å²) in [5, 5.41) is 11.7. The summed E-state index contributed by atoms with van der Waals surface area (Å²) >= 11 is 0. The molecule has 1 aromatic rings.